The molecule has 13 aromatic rings. The van der Waals surface area contributed by atoms with Crippen LogP contribution in [0.15, 0.2) is 205 Å². The van der Waals surface area contributed by atoms with Crippen molar-refractivity contribution in [3.8, 4) is 39.1 Å². The molecule has 1 heterocycles. The van der Waals surface area contributed by atoms with Crippen LogP contribution in [-0.4, -0.2) is 5.11 Å². The summed E-state index contributed by atoms with van der Waals surface area (Å²) in [4.78, 5) is 5.02. The molecule has 4 heteroatoms. The maximum Gasteiger partial charge on any atom is 0.159 e. The molecule has 2 saturated carbocycles. The third-order valence-corrected chi connectivity index (χ3v) is 19.9. The van der Waals surface area contributed by atoms with Gasteiger partial charge >= 0.3 is 0 Å². The van der Waals surface area contributed by atoms with Gasteiger partial charge in [0.25, 0.3) is 0 Å². The number of phenols is 1. The summed E-state index contributed by atoms with van der Waals surface area (Å²) in [6.07, 6.45) is 11.4. The monoisotopic (exact) mass is 1120 g/mol. The highest BCUT2D eigenvalue weighted by Gasteiger charge is 2.33. The second kappa shape index (κ2) is 21.7. The Bertz CT molecular complexity index is 4740. The average molecular weight is 1120 g/mol. The summed E-state index contributed by atoms with van der Waals surface area (Å²) in [5, 5.41) is 23.2. The number of aryl methyl sites for hydroxylation is 6. The van der Waals surface area contributed by atoms with Crippen molar-refractivity contribution in [2.75, 3.05) is 9.80 Å². The van der Waals surface area contributed by atoms with E-state index in [4.69, 9.17) is 4.42 Å². The van der Waals surface area contributed by atoms with Crippen LogP contribution in [0.4, 0.5) is 34.1 Å². The molecule has 0 spiro atoms. The van der Waals surface area contributed by atoms with E-state index in [1.165, 1.54) is 114 Å². The number of hydrogen-bond donors (Lipinski definition) is 1. The van der Waals surface area contributed by atoms with E-state index < -0.39 is 0 Å². The molecular formula is C82H74N2O2. The topological polar surface area (TPSA) is 39.9 Å². The van der Waals surface area contributed by atoms with Crippen LogP contribution in [-0.2, 0) is 12.8 Å². The fraction of sp³-hybridized carbons (Fsp3) is 0.220. The number of furan rings is 1. The number of aromatic hydroxyl groups is 1. The van der Waals surface area contributed by atoms with Crippen molar-refractivity contribution >= 4 is 88.4 Å². The molecule has 0 aliphatic heterocycles. The number of fused-ring (bicyclic) bond motifs is 3. The van der Waals surface area contributed by atoms with Gasteiger partial charge in [-0.25, -0.2) is 0 Å². The lowest BCUT2D eigenvalue weighted by atomic mass is 9.82. The molecule has 86 heavy (non-hydrogen) atoms. The molecule has 0 atom stereocenters. The van der Waals surface area contributed by atoms with Crippen LogP contribution in [0.1, 0.15) is 122 Å². The quantitative estimate of drug-likeness (QED) is 0.117. The van der Waals surface area contributed by atoms with Gasteiger partial charge in [0.2, 0.25) is 0 Å². The molecule has 424 valence electrons. The molecule has 2 aliphatic rings. The first-order valence-electron chi connectivity index (χ1n) is 31.7. The Morgan fingerprint density at radius 3 is 1.36 bits per heavy atom. The molecule has 0 saturated heterocycles. The maximum absolute atomic E-state index is 13.3. The van der Waals surface area contributed by atoms with E-state index in [9.17, 15) is 5.11 Å². The molecule has 0 amide bonds. The van der Waals surface area contributed by atoms with Crippen molar-refractivity contribution in [2.24, 2.45) is 0 Å². The van der Waals surface area contributed by atoms with Crippen LogP contribution in [0.25, 0.3) is 87.6 Å². The Hall–Kier alpha value is -9.12. The first kappa shape index (κ1) is 53.6. The van der Waals surface area contributed by atoms with Gasteiger partial charge in [0.1, 0.15) is 11.3 Å². The Labute approximate surface area is 506 Å². The van der Waals surface area contributed by atoms with Crippen molar-refractivity contribution in [2.45, 2.75) is 118 Å². The molecular weight excluding hydrogens is 1040 g/mol. The fourth-order valence-corrected chi connectivity index (χ4v) is 15.8. The molecule has 0 radical (unpaired) electrons. The van der Waals surface area contributed by atoms with Crippen molar-refractivity contribution in [3.63, 3.8) is 0 Å². The predicted octanol–water partition coefficient (Wildman–Crippen LogP) is 23.8. The zero-order chi connectivity index (χ0) is 58.3. The zero-order valence-electron chi connectivity index (χ0n) is 50.5. The summed E-state index contributed by atoms with van der Waals surface area (Å²) in [5.74, 6) is 1.07. The molecule has 15 rings (SSSR count). The van der Waals surface area contributed by atoms with Gasteiger partial charge in [0, 0.05) is 32.7 Å². The Morgan fingerprint density at radius 2 is 0.791 bits per heavy atom. The average Bonchev–Trinajstić information content (AvgIpc) is 0.901. The molecule has 4 nitrogen and oxygen atoms in total. The van der Waals surface area contributed by atoms with Crippen LogP contribution < -0.4 is 9.80 Å². The lowest BCUT2D eigenvalue weighted by Gasteiger charge is -2.34. The Balaban J connectivity index is 1.03. The first-order valence-corrected chi connectivity index (χ1v) is 31.7. The van der Waals surface area contributed by atoms with Gasteiger partial charge in [-0.05, 0) is 197 Å². The van der Waals surface area contributed by atoms with Crippen LogP contribution in [0.2, 0.25) is 0 Å². The normalized spacial score (nSPS) is 14.1. The van der Waals surface area contributed by atoms with Gasteiger partial charge in [-0.2, -0.15) is 0 Å². The molecule has 1 aromatic heterocycles. The summed E-state index contributed by atoms with van der Waals surface area (Å²) in [7, 11) is 0. The highest BCUT2D eigenvalue weighted by Crippen LogP contribution is 2.56. The van der Waals surface area contributed by atoms with Crippen LogP contribution in [0.5, 0.6) is 5.75 Å². The molecule has 0 unspecified atom stereocenters. The smallest absolute Gasteiger partial charge is 0.159 e. The highest BCUT2D eigenvalue weighted by molar-refractivity contribution is 6.30. The molecule has 2 aliphatic carbocycles. The van der Waals surface area contributed by atoms with Crippen LogP contribution >= 0.6 is 0 Å². The second-order valence-corrected chi connectivity index (χ2v) is 24.9. The van der Waals surface area contributed by atoms with E-state index in [0.717, 1.165) is 117 Å². The van der Waals surface area contributed by atoms with Crippen molar-refractivity contribution in [3.05, 3.63) is 245 Å². The van der Waals surface area contributed by atoms with Crippen LogP contribution in [0, 0.1) is 27.7 Å². The number of hydrogen-bond acceptors (Lipinski definition) is 4. The number of nitrogens with zero attached hydrogens (tertiary/aromatic N) is 2. The summed E-state index contributed by atoms with van der Waals surface area (Å²) in [6, 6.07) is 74.4. The number of para-hydroxylation sites is 5. The van der Waals surface area contributed by atoms with Gasteiger partial charge in [0.15, 0.2) is 5.58 Å². The summed E-state index contributed by atoms with van der Waals surface area (Å²) < 4.78 is 7.46. The number of phenolic OH excluding ortho intramolecular Hbond substituents is 1. The largest absolute Gasteiger partial charge is 0.505 e. The predicted molar refractivity (Wildman–Crippen MR) is 365 cm³/mol. The third kappa shape index (κ3) is 8.69. The van der Waals surface area contributed by atoms with Crippen molar-refractivity contribution < 1.29 is 9.52 Å². The highest BCUT2D eigenvalue weighted by atomic mass is 16.3. The number of anilines is 6. The van der Waals surface area contributed by atoms with Gasteiger partial charge in [-0.1, -0.05) is 209 Å². The lowest BCUT2D eigenvalue weighted by molar-refractivity contribution is 0.478. The maximum atomic E-state index is 13.3. The zero-order valence-corrected chi connectivity index (χ0v) is 50.5. The summed E-state index contributed by atoms with van der Waals surface area (Å²) in [5.41, 5.74) is 24.8. The van der Waals surface area contributed by atoms with E-state index in [1.54, 1.807) is 0 Å². The molecule has 12 aromatic carbocycles. The first-order chi connectivity index (χ1) is 42.2. The summed E-state index contributed by atoms with van der Waals surface area (Å²) >= 11 is 0. The van der Waals surface area contributed by atoms with E-state index in [1.807, 2.05) is 0 Å². The Kier molecular flexibility index (Phi) is 13.6. The van der Waals surface area contributed by atoms with Gasteiger partial charge in [-0.3, -0.25) is 0 Å². The summed E-state index contributed by atoms with van der Waals surface area (Å²) in [6.45, 7) is 13.5. The van der Waals surface area contributed by atoms with Gasteiger partial charge in [-0.15, -0.1) is 0 Å². The SMILES string of the molecule is CCc1ccccc1-c1cccc(-c2cccc(N(c3c(C)cccc3C)c3cc(C4CCCC4)c4ccc5c(N(c6c(C)cccc6C)c6cccc7c6oc6c(-c8ccccc8CC)cccc67)cc(C6CCCC6)c6ccc3c4c65)c2O)c1. The molecule has 1 N–H and O–H groups in total. The standard InChI is InChI=1S/C82H74N2O2/c1-7-54-27-13-15-35-60(54)58-33-19-34-59(47-58)62-37-21-41-72(80(62)85)83(78-50(3)23-17-24-51(78)4)74-48-70(56-29-9-10-30-56)63-44-46-69-75(49-71(57-31-11-12-32-57)64-43-45-68(74)76(63)77(64)69)84(79-52(5)25-18-26-53(79)6)73-42-22-40-67-66-39-20-38-65(81(66)86-82(67)73)61-36-16-14-28-55(61)8-2/h13-28,33-49,56-57,85H,7-12,29-32H2,1-6H3. The van der Waals surface area contributed by atoms with E-state index in [0.29, 0.717) is 11.8 Å². The fourth-order valence-electron chi connectivity index (χ4n) is 15.8. The van der Waals surface area contributed by atoms with Gasteiger partial charge in [0.05, 0.1) is 34.1 Å². The second-order valence-electron chi connectivity index (χ2n) is 24.9. The lowest BCUT2D eigenvalue weighted by Crippen LogP contribution is -2.16. The number of benzene rings is 12. The van der Waals surface area contributed by atoms with Gasteiger partial charge < -0.3 is 19.3 Å². The van der Waals surface area contributed by atoms with Crippen LogP contribution in [0.3, 0.4) is 0 Å². The van der Waals surface area contributed by atoms with Crippen molar-refractivity contribution in [1.29, 1.82) is 0 Å². The van der Waals surface area contributed by atoms with E-state index in [-0.39, 0.29) is 5.75 Å². The minimum Gasteiger partial charge on any atom is -0.505 e. The minimum absolute atomic E-state index is 0.265. The van der Waals surface area contributed by atoms with Crippen molar-refractivity contribution in [1.82, 2.24) is 0 Å². The molecule has 2 fully saturated rings. The van der Waals surface area contributed by atoms with E-state index in [2.05, 4.69) is 252 Å². The Morgan fingerprint density at radius 1 is 0.372 bits per heavy atom. The minimum atomic E-state index is 0.265. The van der Waals surface area contributed by atoms with E-state index >= 15 is 0 Å². The third-order valence-electron chi connectivity index (χ3n) is 19.9. The molecule has 0 bridgehead atoms. The number of rotatable bonds is 13.